The normalized spacial score (nSPS) is 23.7. The van der Waals surface area contributed by atoms with Gasteiger partial charge in [0, 0.05) is 18.8 Å². The van der Waals surface area contributed by atoms with Crippen molar-refractivity contribution in [2.24, 2.45) is 7.05 Å². The minimum Gasteiger partial charge on any atom is -0.478 e. The van der Waals surface area contributed by atoms with Gasteiger partial charge >= 0.3 is 12.1 Å². The van der Waals surface area contributed by atoms with E-state index in [4.69, 9.17) is 4.74 Å². The Bertz CT molecular complexity index is 991. The van der Waals surface area contributed by atoms with Crippen molar-refractivity contribution in [1.29, 1.82) is 0 Å². The van der Waals surface area contributed by atoms with Crippen LogP contribution in [0, 0.1) is 0 Å². The molecule has 0 atom stereocenters. The molecule has 2 aliphatic rings. The Hall–Kier alpha value is -3.04. The second-order valence-corrected chi connectivity index (χ2v) is 7.41. The molecule has 1 aliphatic heterocycles. The fourth-order valence-corrected chi connectivity index (χ4v) is 4.18. The maximum absolute atomic E-state index is 12.9. The Kier molecular flexibility index (Phi) is 4.32. The molecule has 1 saturated carbocycles. The van der Waals surface area contributed by atoms with E-state index in [-0.39, 0.29) is 23.5 Å². The van der Waals surface area contributed by atoms with Crippen LogP contribution in [0.3, 0.4) is 0 Å². The number of nitrogens with one attached hydrogen (secondary N) is 1. The molecule has 1 aromatic carbocycles. The van der Waals surface area contributed by atoms with E-state index in [9.17, 15) is 27.9 Å². The number of anilines is 1. The maximum Gasteiger partial charge on any atom is 0.433 e. The number of nitrogens with zero attached hydrogens (tertiary/aromatic N) is 2. The van der Waals surface area contributed by atoms with Crippen molar-refractivity contribution in [3.8, 4) is 5.88 Å². The number of halogens is 3. The fourth-order valence-electron chi connectivity index (χ4n) is 4.18. The molecule has 0 radical (unpaired) electrons. The molecule has 1 fully saturated rings. The second kappa shape index (κ2) is 6.50. The van der Waals surface area contributed by atoms with Gasteiger partial charge in [-0.05, 0) is 49.4 Å². The lowest BCUT2D eigenvalue weighted by atomic mass is 9.69. The molecular formula is C19H18F3N3O4. The molecule has 1 aromatic heterocycles. The third-order valence-electron chi connectivity index (χ3n) is 5.69. The van der Waals surface area contributed by atoms with Crippen molar-refractivity contribution in [2.45, 2.75) is 43.4 Å². The van der Waals surface area contributed by atoms with Gasteiger partial charge in [0.25, 0.3) is 0 Å². The minimum absolute atomic E-state index is 0.103. The summed E-state index contributed by atoms with van der Waals surface area (Å²) >= 11 is 0. The molecule has 0 saturated heterocycles. The topological polar surface area (TPSA) is 93.5 Å². The van der Waals surface area contributed by atoms with Crippen molar-refractivity contribution in [1.82, 2.24) is 9.78 Å². The highest BCUT2D eigenvalue weighted by Crippen LogP contribution is 2.48. The predicted molar refractivity (Wildman–Crippen MR) is 94.8 cm³/mol. The minimum atomic E-state index is -4.52. The first-order valence-corrected chi connectivity index (χ1v) is 9.07. The highest BCUT2D eigenvalue weighted by molar-refractivity contribution is 6.07. The van der Waals surface area contributed by atoms with Gasteiger partial charge in [0.2, 0.25) is 11.8 Å². The molecule has 0 unspecified atom stereocenters. The van der Waals surface area contributed by atoms with Gasteiger partial charge < -0.3 is 15.2 Å². The summed E-state index contributed by atoms with van der Waals surface area (Å²) in [5.74, 6) is -1.37. The number of fused-ring (bicyclic) bond motifs is 2. The van der Waals surface area contributed by atoms with Crippen molar-refractivity contribution < 1.29 is 32.6 Å². The summed E-state index contributed by atoms with van der Waals surface area (Å²) in [6, 6.07) is 5.40. The average Bonchev–Trinajstić information content (AvgIpc) is 3.14. The number of benzene rings is 1. The zero-order valence-corrected chi connectivity index (χ0v) is 15.4. The SMILES string of the molecule is Cn1nc(OC2CCC3(CC2)C(=O)Nc2ccc(C(=O)O)cc23)cc1C(F)(F)F. The molecule has 29 heavy (non-hydrogen) atoms. The van der Waals surface area contributed by atoms with E-state index in [0.717, 1.165) is 10.7 Å². The Morgan fingerprint density at radius 2 is 2.00 bits per heavy atom. The van der Waals surface area contributed by atoms with Crippen LogP contribution in [0.25, 0.3) is 0 Å². The molecule has 10 heteroatoms. The molecule has 0 bridgehead atoms. The summed E-state index contributed by atoms with van der Waals surface area (Å²) in [5, 5.41) is 15.8. The van der Waals surface area contributed by atoms with Crippen LogP contribution in [-0.4, -0.2) is 32.9 Å². The van der Waals surface area contributed by atoms with E-state index in [1.165, 1.54) is 19.2 Å². The quantitative estimate of drug-likeness (QED) is 0.811. The molecular weight excluding hydrogens is 391 g/mol. The molecule has 2 aromatic rings. The number of carboxylic acid groups (broad SMARTS) is 1. The number of aromatic nitrogens is 2. The Labute approximate surface area is 163 Å². The number of aromatic carboxylic acids is 1. The number of carboxylic acids is 1. The summed E-state index contributed by atoms with van der Waals surface area (Å²) in [6.07, 6.45) is -3.23. The largest absolute Gasteiger partial charge is 0.478 e. The number of alkyl halides is 3. The van der Waals surface area contributed by atoms with Crippen molar-refractivity contribution in [3.63, 3.8) is 0 Å². The lowest BCUT2D eigenvalue weighted by molar-refractivity contribution is -0.143. The van der Waals surface area contributed by atoms with Crippen LogP contribution in [0.4, 0.5) is 18.9 Å². The van der Waals surface area contributed by atoms with Crippen LogP contribution < -0.4 is 10.1 Å². The zero-order chi connectivity index (χ0) is 21.0. The fraction of sp³-hybridized carbons (Fsp3) is 0.421. The van der Waals surface area contributed by atoms with Crippen LogP contribution in [0.1, 0.15) is 47.3 Å². The van der Waals surface area contributed by atoms with Crippen molar-refractivity contribution in [2.75, 3.05) is 5.32 Å². The molecule has 7 nitrogen and oxygen atoms in total. The first kappa shape index (κ1) is 19.3. The summed E-state index contributed by atoms with van der Waals surface area (Å²) < 4.78 is 45.1. The molecule has 4 rings (SSSR count). The molecule has 2 heterocycles. The van der Waals surface area contributed by atoms with Gasteiger partial charge in [0.1, 0.15) is 11.8 Å². The van der Waals surface area contributed by atoms with Crippen LogP contribution >= 0.6 is 0 Å². The molecule has 1 aliphatic carbocycles. The Morgan fingerprint density at radius 1 is 1.31 bits per heavy atom. The Morgan fingerprint density at radius 3 is 2.59 bits per heavy atom. The number of aryl methyl sites for hydroxylation is 1. The maximum atomic E-state index is 12.9. The third kappa shape index (κ3) is 3.22. The van der Waals surface area contributed by atoms with Gasteiger partial charge in [-0.3, -0.25) is 9.48 Å². The van der Waals surface area contributed by atoms with E-state index in [2.05, 4.69) is 10.4 Å². The molecule has 1 amide bonds. The summed E-state index contributed by atoms with van der Waals surface area (Å²) in [7, 11) is 1.20. The van der Waals surface area contributed by atoms with Gasteiger partial charge in [-0.2, -0.15) is 13.2 Å². The molecule has 1 spiro atoms. The van der Waals surface area contributed by atoms with Gasteiger partial charge in [-0.15, -0.1) is 5.10 Å². The highest BCUT2D eigenvalue weighted by atomic mass is 19.4. The van der Waals surface area contributed by atoms with E-state index >= 15 is 0 Å². The number of carbonyl (C=O) groups is 2. The third-order valence-corrected chi connectivity index (χ3v) is 5.69. The van der Waals surface area contributed by atoms with E-state index in [1.54, 1.807) is 6.07 Å². The number of carbonyl (C=O) groups excluding carboxylic acids is 1. The van der Waals surface area contributed by atoms with Crippen LogP contribution in [-0.2, 0) is 23.4 Å². The lowest BCUT2D eigenvalue weighted by Crippen LogP contribution is -2.41. The molecule has 2 N–H and O–H groups in total. The Balaban J connectivity index is 1.51. The smallest absolute Gasteiger partial charge is 0.433 e. The summed E-state index contributed by atoms with van der Waals surface area (Å²) in [5.41, 5.74) is -0.393. The van der Waals surface area contributed by atoms with Crippen LogP contribution in [0.5, 0.6) is 5.88 Å². The van der Waals surface area contributed by atoms with Crippen molar-refractivity contribution in [3.05, 3.63) is 41.1 Å². The van der Waals surface area contributed by atoms with Gasteiger partial charge in [0.05, 0.1) is 11.0 Å². The van der Waals surface area contributed by atoms with Crippen molar-refractivity contribution >= 4 is 17.6 Å². The summed E-state index contributed by atoms with van der Waals surface area (Å²) in [6.45, 7) is 0. The first-order chi connectivity index (χ1) is 13.6. The molecule has 154 valence electrons. The average molecular weight is 409 g/mol. The predicted octanol–water partition coefficient (Wildman–Crippen LogP) is 3.35. The van der Waals surface area contributed by atoms with E-state index in [1.807, 2.05) is 0 Å². The second-order valence-electron chi connectivity index (χ2n) is 7.41. The number of rotatable bonds is 3. The van der Waals surface area contributed by atoms with Gasteiger partial charge in [-0.25, -0.2) is 4.79 Å². The highest BCUT2D eigenvalue weighted by Gasteiger charge is 2.49. The zero-order valence-electron chi connectivity index (χ0n) is 15.4. The number of amides is 1. The van der Waals surface area contributed by atoms with Gasteiger partial charge in [0.15, 0.2) is 0 Å². The lowest BCUT2D eigenvalue weighted by Gasteiger charge is -2.35. The standard InChI is InChI=1S/C19H18F3N3O4/c1-25-14(19(20,21)22)9-15(24-25)29-11-4-6-18(7-5-11)12-8-10(16(26)27)2-3-13(12)23-17(18)28/h2-3,8-9,11H,4-7H2,1H3,(H,23,28)(H,26,27). The number of ether oxygens (including phenoxy) is 1. The van der Waals surface area contributed by atoms with E-state index in [0.29, 0.717) is 36.9 Å². The van der Waals surface area contributed by atoms with Gasteiger partial charge in [-0.1, -0.05) is 0 Å². The number of hydrogen-bond donors (Lipinski definition) is 2. The van der Waals surface area contributed by atoms with E-state index < -0.39 is 23.3 Å². The van der Waals surface area contributed by atoms with Crippen LogP contribution in [0.2, 0.25) is 0 Å². The monoisotopic (exact) mass is 409 g/mol. The van der Waals surface area contributed by atoms with Crippen LogP contribution in [0.15, 0.2) is 24.3 Å². The number of hydrogen-bond acceptors (Lipinski definition) is 4. The first-order valence-electron chi connectivity index (χ1n) is 9.07. The summed E-state index contributed by atoms with van der Waals surface area (Å²) in [4.78, 5) is 24.0.